The van der Waals surface area contributed by atoms with Gasteiger partial charge in [-0.3, -0.25) is 0 Å². The molecule has 15 heavy (non-hydrogen) atoms. The lowest BCUT2D eigenvalue weighted by Crippen LogP contribution is -2.29. The van der Waals surface area contributed by atoms with Crippen LogP contribution in [0.25, 0.3) is 0 Å². The van der Waals surface area contributed by atoms with E-state index in [9.17, 15) is 13.2 Å². The number of hydrogen-bond donors (Lipinski definition) is 1. The first-order valence-corrected chi connectivity index (χ1v) is 4.78. The highest BCUT2D eigenvalue weighted by atomic mass is 19.4. The fourth-order valence-corrected chi connectivity index (χ4v) is 1.80. The topological polar surface area (TPSA) is 38.9 Å². The summed E-state index contributed by atoms with van der Waals surface area (Å²) in [5.41, 5.74) is 6.31. The summed E-state index contributed by atoms with van der Waals surface area (Å²) in [4.78, 5) is 3.64. The van der Waals surface area contributed by atoms with Crippen LogP contribution in [-0.2, 0) is 19.0 Å². The van der Waals surface area contributed by atoms with E-state index < -0.39 is 11.9 Å². The Morgan fingerprint density at radius 3 is 2.73 bits per heavy atom. The van der Waals surface area contributed by atoms with Gasteiger partial charge in [0, 0.05) is 11.7 Å². The number of aryl methyl sites for hydroxylation is 1. The highest BCUT2D eigenvalue weighted by molar-refractivity contribution is 5.27. The Kier molecular flexibility index (Phi) is 2.42. The van der Waals surface area contributed by atoms with Crippen LogP contribution < -0.4 is 5.73 Å². The fourth-order valence-electron chi connectivity index (χ4n) is 1.80. The fraction of sp³-hybridized carbons (Fsp3) is 0.500. The molecule has 2 N–H and O–H groups in total. The molecule has 82 valence electrons. The molecule has 0 radical (unpaired) electrons. The SMILES string of the molecule is N[C@H]1CCc2nc(C(F)(F)F)ccc2C1. The number of pyridine rings is 1. The summed E-state index contributed by atoms with van der Waals surface area (Å²) in [5, 5.41) is 0. The smallest absolute Gasteiger partial charge is 0.327 e. The number of hydrogen-bond acceptors (Lipinski definition) is 2. The largest absolute Gasteiger partial charge is 0.433 e. The number of nitrogens with zero attached hydrogens (tertiary/aromatic N) is 1. The lowest BCUT2D eigenvalue weighted by molar-refractivity contribution is -0.141. The Labute approximate surface area is 85.3 Å². The first kappa shape index (κ1) is 10.4. The third-order valence-corrected chi connectivity index (χ3v) is 2.59. The zero-order valence-electron chi connectivity index (χ0n) is 8.01. The van der Waals surface area contributed by atoms with Crippen LogP contribution in [0.5, 0.6) is 0 Å². The van der Waals surface area contributed by atoms with Gasteiger partial charge in [0.2, 0.25) is 0 Å². The quantitative estimate of drug-likeness (QED) is 0.719. The number of rotatable bonds is 0. The number of aromatic nitrogens is 1. The van der Waals surface area contributed by atoms with Crippen LogP contribution in [0.15, 0.2) is 12.1 Å². The molecule has 0 spiro atoms. The van der Waals surface area contributed by atoms with E-state index in [-0.39, 0.29) is 6.04 Å². The van der Waals surface area contributed by atoms with Crippen LogP contribution in [0, 0.1) is 0 Å². The average Bonchev–Trinajstić information content (AvgIpc) is 2.15. The second-order valence-corrected chi connectivity index (χ2v) is 3.80. The summed E-state index contributed by atoms with van der Waals surface area (Å²) >= 11 is 0. The van der Waals surface area contributed by atoms with Gasteiger partial charge in [-0.2, -0.15) is 13.2 Å². The third kappa shape index (κ3) is 2.12. The second kappa shape index (κ2) is 3.48. The molecule has 1 aliphatic rings. The van der Waals surface area contributed by atoms with Gasteiger partial charge in [0.1, 0.15) is 5.69 Å². The minimum Gasteiger partial charge on any atom is -0.327 e. The molecule has 0 saturated carbocycles. The molecule has 5 heteroatoms. The van der Waals surface area contributed by atoms with Crippen molar-refractivity contribution >= 4 is 0 Å². The lowest BCUT2D eigenvalue weighted by Gasteiger charge is -2.21. The molecule has 0 amide bonds. The maximum absolute atomic E-state index is 12.3. The van der Waals surface area contributed by atoms with Crippen LogP contribution in [0.1, 0.15) is 23.4 Å². The van der Waals surface area contributed by atoms with Gasteiger partial charge in [-0.1, -0.05) is 6.07 Å². The predicted molar refractivity (Wildman–Crippen MR) is 49.2 cm³/mol. The molecule has 0 bridgehead atoms. The summed E-state index contributed by atoms with van der Waals surface area (Å²) in [6, 6.07) is 2.57. The van der Waals surface area contributed by atoms with Crippen molar-refractivity contribution in [2.24, 2.45) is 5.73 Å². The van der Waals surface area contributed by atoms with E-state index in [0.29, 0.717) is 25.0 Å². The van der Waals surface area contributed by atoms with E-state index in [1.165, 1.54) is 6.07 Å². The van der Waals surface area contributed by atoms with Crippen LogP contribution in [0.2, 0.25) is 0 Å². The van der Waals surface area contributed by atoms with Gasteiger partial charge in [-0.25, -0.2) is 4.98 Å². The first-order chi connectivity index (χ1) is 6.97. The second-order valence-electron chi connectivity index (χ2n) is 3.80. The summed E-state index contributed by atoms with van der Waals surface area (Å²) in [5.74, 6) is 0. The molecule has 0 aliphatic heterocycles. The molecule has 2 nitrogen and oxygen atoms in total. The number of alkyl halides is 3. The van der Waals surface area contributed by atoms with Crippen molar-refractivity contribution in [1.82, 2.24) is 4.98 Å². The van der Waals surface area contributed by atoms with Crippen molar-refractivity contribution in [3.8, 4) is 0 Å². The van der Waals surface area contributed by atoms with Crippen molar-refractivity contribution in [3.05, 3.63) is 29.1 Å². The van der Waals surface area contributed by atoms with E-state index in [4.69, 9.17) is 5.73 Å². The lowest BCUT2D eigenvalue weighted by atomic mass is 9.92. The van der Waals surface area contributed by atoms with E-state index in [2.05, 4.69) is 4.98 Å². The maximum atomic E-state index is 12.3. The molecule has 2 rings (SSSR count). The Hall–Kier alpha value is -1.10. The molecule has 0 saturated heterocycles. The van der Waals surface area contributed by atoms with Gasteiger partial charge in [0.15, 0.2) is 0 Å². The van der Waals surface area contributed by atoms with Crippen molar-refractivity contribution in [3.63, 3.8) is 0 Å². The third-order valence-electron chi connectivity index (χ3n) is 2.59. The molecule has 1 aliphatic carbocycles. The minimum absolute atomic E-state index is 0.0519. The van der Waals surface area contributed by atoms with Crippen LogP contribution in [0.4, 0.5) is 13.2 Å². The van der Waals surface area contributed by atoms with Crippen molar-refractivity contribution in [2.75, 3.05) is 0 Å². The van der Waals surface area contributed by atoms with E-state index >= 15 is 0 Å². The Morgan fingerprint density at radius 2 is 2.07 bits per heavy atom. The molecule has 0 unspecified atom stereocenters. The van der Waals surface area contributed by atoms with E-state index in [1.54, 1.807) is 0 Å². The molecule has 0 fully saturated rings. The molecule has 0 aromatic carbocycles. The van der Waals surface area contributed by atoms with Crippen molar-refractivity contribution in [1.29, 1.82) is 0 Å². The normalized spacial score (nSPS) is 21.2. The van der Waals surface area contributed by atoms with Gasteiger partial charge >= 0.3 is 6.18 Å². The zero-order chi connectivity index (χ0) is 11.1. The van der Waals surface area contributed by atoms with Gasteiger partial charge < -0.3 is 5.73 Å². The Bertz CT molecular complexity index is 373. The molecular formula is C10H11F3N2. The zero-order valence-corrected chi connectivity index (χ0v) is 8.01. The minimum atomic E-state index is -4.35. The summed E-state index contributed by atoms with van der Waals surface area (Å²) in [6.45, 7) is 0. The highest BCUT2D eigenvalue weighted by Gasteiger charge is 2.33. The van der Waals surface area contributed by atoms with Crippen LogP contribution >= 0.6 is 0 Å². The van der Waals surface area contributed by atoms with E-state index in [1.807, 2.05) is 0 Å². The molecule has 1 aromatic rings. The summed E-state index contributed by atoms with van der Waals surface area (Å²) in [7, 11) is 0. The molecule has 1 atom stereocenters. The number of nitrogens with two attached hydrogens (primary N) is 1. The van der Waals surface area contributed by atoms with Gasteiger partial charge in [0.25, 0.3) is 0 Å². The van der Waals surface area contributed by atoms with E-state index in [0.717, 1.165) is 11.6 Å². The monoisotopic (exact) mass is 216 g/mol. The number of fused-ring (bicyclic) bond motifs is 1. The van der Waals surface area contributed by atoms with Crippen LogP contribution in [0.3, 0.4) is 0 Å². The molecule has 1 heterocycles. The van der Waals surface area contributed by atoms with Gasteiger partial charge in [0.05, 0.1) is 0 Å². The van der Waals surface area contributed by atoms with Crippen molar-refractivity contribution < 1.29 is 13.2 Å². The van der Waals surface area contributed by atoms with Crippen LogP contribution in [-0.4, -0.2) is 11.0 Å². The Balaban J connectivity index is 2.35. The van der Waals surface area contributed by atoms with Gasteiger partial charge in [-0.15, -0.1) is 0 Å². The maximum Gasteiger partial charge on any atom is 0.433 e. The summed E-state index contributed by atoms with van der Waals surface area (Å²) in [6.07, 6.45) is -2.48. The Morgan fingerprint density at radius 1 is 1.33 bits per heavy atom. The molecule has 1 aromatic heterocycles. The average molecular weight is 216 g/mol. The predicted octanol–water partition coefficient (Wildman–Crippen LogP) is 1.92. The summed E-state index contributed by atoms with van der Waals surface area (Å²) < 4.78 is 37.0. The highest BCUT2D eigenvalue weighted by Crippen LogP contribution is 2.29. The van der Waals surface area contributed by atoms with Gasteiger partial charge in [-0.05, 0) is 30.9 Å². The standard InChI is InChI=1S/C10H11F3N2/c11-10(12,13)9-4-1-6-5-7(14)2-3-8(6)15-9/h1,4,7H,2-3,5,14H2/t7-/m0/s1. The van der Waals surface area contributed by atoms with Crippen molar-refractivity contribution in [2.45, 2.75) is 31.5 Å². The number of halogens is 3. The molecular weight excluding hydrogens is 205 g/mol. The first-order valence-electron chi connectivity index (χ1n) is 4.78.